The van der Waals surface area contributed by atoms with Gasteiger partial charge in [0.05, 0.1) is 6.10 Å². The Morgan fingerprint density at radius 3 is 2.80 bits per heavy atom. The summed E-state index contributed by atoms with van der Waals surface area (Å²) in [5.41, 5.74) is 1.34. The van der Waals surface area contributed by atoms with E-state index in [1.165, 1.54) is 5.56 Å². The third-order valence-corrected chi connectivity index (χ3v) is 3.01. The molecule has 1 heterocycles. The van der Waals surface area contributed by atoms with E-state index in [1.807, 2.05) is 6.07 Å². The van der Waals surface area contributed by atoms with E-state index in [0.717, 1.165) is 25.9 Å². The highest BCUT2D eigenvalue weighted by Crippen LogP contribution is 2.25. The maximum Gasteiger partial charge on any atom is 0.0707 e. The summed E-state index contributed by atoms with van der Waals surface area (Å²) in [6.07, 6.45) is 1.87. The number of hydrogen-bond donors (Lipinski definition) is 1. The highest BCUT2D eigenvalue weighted by molar-refractivity contribution is 5.16. The summed E-state index contributed by atoms with van der Waals surface area (Å²) < 4.78 is 0. The molecular weight excluding hydrogens is 186 g/mol. The van der Waals surface area contributed by atoms with Gasteiger partial charge >= 0.3 is 0 Å². The third-order valence-electron chi connectivity index (χ3n) is 3.01. The van der Waals surface area contributed by atoms with Crippen LogP contribution in [0.5, 0.6) is 0 Å². The van der Waals surface area contributed by atoms with Gasteiger partial charge in [-0.2, -0.15) is 0 Å². The summed E-state index contributed by atoms with van der Waals surface area (Å²) in [6, 6.07) is 10.9. The molecule has 1 aromatic carbocycles. The molecule has 3 atom stereocenters. The molecule has 1 N–H and O–H groups in total. The van der Waals surface area contributed by atoms with Crippen LogP contribution in [0.1, 0.15) is 25.3 Å². The minimum absolute atomic E-state index is 0.126. The molecule has 0 aromatic heterocycles. The lowest BCUT2D eigenvalue weighted by molar-refractivity contribution is 0.144. The van der Waals surface area contributed by atoms with E-state index >= 15 is 0 Å². The number of nitrogens with zero attached hydrogens (tertiary/aromatic N) is 1. The van der Waals surface area contributed by atoms with Crippen LogP contribution in [0, 0.1) is 0 Å². The molecule has 1 aliphatic rings. The summed E-state index contributed by atoms with van der Waals surface area (Å²) >= 11 is 0. The van der Waals surface area contributed by atoms with E-state index in [4.69, 9.17) is 0 Å². The van der Waals surface area contributed by atoms with Gasteiger partial charge < -0.3 is 5.11 Å². The molecule has 0 spiro atoms. The van der Waals surface area contributed by atoms with Crippen LogP contribution in [0.3, 0.4) is 0 Å². The van der Waals surface area contributed by atoms with Crippen molar-refractivity contribution in [1.82, 2.24) is 4.90 Å². The molecule has 0 bridgehead atoms. The van der Waals surface area contributed by atoms with E-state index in [-0.39, 0.29) is 6.10 Å². The Balaban J connectivity index is 1.80. The van der Waals surface area contributed by atoms with Gasteiger partial charge in [-0.3, -0.25) is 4.90 Å². The molecular formula is C13H19NO. The minimum Gasteiger partial charge on any atom is -0.391 e. The summed E-state index contributed by atoms with van der Waals surface area (Å²) in [5, 5.41) is 9.80. The quantitative estimate of drug-likeness (QED) is 0.743. The van der Waals surface area contributed by atoms with Gasteiger partial charge in [0.1, 0.15) is 0 Å². The molecule has 82 valence electrons. The van der Waals surface area contributed by atoms with E-state index in [2.05, 4.69) is 36.1 Å². The van der Waals surface area contributed by atoms with Crippen molar-refractivity contribution in [1.29, 1.82) is 0 Å². The van der Waals surface area contributed by atoms with E-state index in [0.29, 0.717) is 6.04 Å². The zero-order chi connectivity index (χ0) is 10.7. The van der Waals surface area contributed by atoms with Crippen molar-refractivity contribution >= 4 is 0 Å². The second-order valence-corrected chi connectivity index (χ2v) is 4.34. The van der Waals surface area contributed by atoms with Crippen LogP contribution in [0.25, 0.3) is 0 Å². The number of benzene rings is 1. The molecule has 15 heavy (non-hydrogen) atoms. The molecule has 0 saturated carbocycles. The topological polar surface area (TPSA) is 23.2 Å². The van der Waals surface area contributed by atoms with Gasteiger partial charge in [-0.05, 0) is 12.0 Å². The van der Waals surface area contributed by atoms with Gasteiger partial charge in [-0.15, -0.1) is 0 Å². The van der Waals surface area contributed by atoms with Gasteiger partial charge in [-0.1, -0.05) is 43.7 Å². The molecule has 0 amide bonds. The van der Waals surface area contributed by atoms with Crippen LogP contribution in [0.4, 0.5) is 0 Å². The zero-order valence-corrected chi connectivity index (χ0v) is 9.26. The summed E-state index contributed by atoms with van der Waals surface area (Å²) in [6.45, 7) is 4.15. The first-order valence-corrected chi connectivity index (χ1v) is 5.77. The molecule has 2 rings (SSSR count). The Bertz CT molecular complexity index is 299. The fourth-order valence-electron chi connectivity index (χ4n) is 2.05. The van der Waals surface area contributed by atoms with Gasteiger partial charge in [0.15, 0.2) is 0 Å². The minimum atomic E-state index is -0.126. The van der Waals surface area contributed by atoms with Crippen molar-refractivity contribution in [2.75, 3.05) is 6.54 Å². The lowest BCUT2D eigenvalue weighted by Gasteiger charge is -2.09. The van der Waals surface area contributed by atoms with Crippen LogP contribution in [-0.4, -0.2) is 28.7 Å². The van der Waals surface area contributed by atoms with Crippen LogP contribution < -0.4 is 0 Å². The molecule has 1 aromatic rings. The summed E-state index contributed by atoms with van der Waals surface area (Å²) in [7, 11) is 0. The number of aliphatic hydroxyl groups is 1. The van der Waals surface area contributed by atoms with Crippen LogP contribution >= 0.6 is 0 Å². The largest absolute Gasteiger partial charge is 0.391 e. The van der Waals surface area contributed by atoms with E-state index < -0.39 is 0 Å². The maximum absolute atomic E-state index is 9.80. The first kappa shape index (κ1) is 10.7. The van der Waals surface area contributed by atoms with Crippen LogP contribution in [-0.2, 0) is 6.54 Å². The Morgan fingerprint density at radius 2 is 2.13 bits per heavy atom. The third kappa shape index (κ3) is 2.80. The molecule has 1 fully saturated rings. The molecule has 1 unspecified atom stereocenters. The van der Waals surface area contributed by atoms with Gasteiger partial charge in [-0.25, -0.2) is 0 Å². The molecule has 2 heteroatoms. The first-order chi connectivity index (χ1) is 7.31. The van der Waals surface area contributed by atoms with Gasteiger partial charge in [0.25, 0.3) is 0 Å². The molecule has 2 nitrogen and oxygen atoms in total. The first-order valence-electron chi connectivity index (χ1n) is 5.77. The fourth-order valence-corrected chi connectivity index (χ4v) is 2.05. The smallest absolute Gasteiger partial charge is 0.0707 e. The second kappa shape index (κ2) is 4.77. The molecule has 1 saturated heterocycles. The monoisotopic (exact) mass is 205 g/mol. The Morgan fingerprint density at radius 1 is 1.40 bits per heavy atom. The highest BCUT2D eigenvalue weighted by Gasteiger charge is 2.38. The average molecular weight is 205 g/mol. The van der Waals surface area contributed by atoms with Crippen molar-refractivity contribution in [3.8, 4) is 0 Å². The maximum atomic E-state index is 9.80. The van der Waals surface area contributed by atoms with E-state index in [9.17, 15) is 5.11 Å². The highest BCUT2D eigenvalue weighted by atomic mass is 16.3. The Hall–Kier alpha value is -0.860. The van der Waals surface area contributed by atoms with Crippen molar-refractivity contribution in [2.24, 2.45) is 0 Å². The molecule has 0 aliphatic carbocycles. The summed E-state index contributed by atoms with van der Waals surface area (Å²) in [5.74, 6) is 0. The average Bonchev–Trinajstić information content (AvgIpc) is 2.99. The van der Waals surface area contributed by atoms with Crippen molar-refractivity contribution in [3.63, 3.8) is 0 Å². The van der Waals surface area contributed by atoms with E-state index in [1.54, 1.807) is 0 Å². The van der Waals surface area contributed by atoms with Crippen LogP contribution in [0.2, 0.25) is 0 Å². The number of rotatable bonds is 5. The predicted octanol–water partition coefficient (Wildman–Crippen LogP) is 2.03. The zero-order valence-electron chi connectivity index (χ0n) is 9.26. The normalized spacial score (nSPS) is 26.3. The fraction of sp³-hybridized carbons (Fsp3) is 0.538. The Labute approximate surface area is 91.5 Å². The van der Waals surface area contributed by atoms with Crippen LogP contribution in [0.15, 0.2) is 30.3 Å². The number of hydrogen-bond acceptors (Lipinski definition) is 2. The lowest BCUT2D eigenvalue weighted by Crippen LogP contribution is -2.18. The Kier molecular flexibility index (Phi) is 3.39. The number of aliphatic hydroxyl groups excluding tert-OH is 1. The van der Waals surface area contributed by atoms with Gasteiger partial charge in [0, 0.05) is 19.1 Å². The molecule has 0 radical (unpaired) electrons. The molecule has 1 aliphatic heterocycles. The second-order valence-electron chi connectivity index (χ2n) is 4.34. The SMILES string of the molecule is CCC[C@@H](O)[C@H]1CN1Cc1ccccc1. The van der Waals surface area contributed by atoms with Crippen molar-refractivity contribution in [2.45, 2.75) is 38.5 Å². The van der Waals surface area contributed by atoms with Crippen molar-refractivity contribution in [3.05, 3.63) is 35.9 Å². The predicted molar refractivity (Wildman–Crippen MR) is 61.6 cm³/mol. The van der Waals surface area contributed by atoms with Crippen molar-refractivity contribution < 1.29 is 5.11 Å². The van der Waals surface area contributed by atoms with Gasteiger partial charge in [0.2, 0.25) is 0 Å². The lowest BCUT2D eigenvalue weighted by atomic mass is 10.1. The summed E-state index contributed by atoms with van der Waals surface area (Å²) in [4.78, 5) is 2.33. The standard InChI is InChI=1S/C13H19NO/c1-2-6-13(15)12-10-14(12)9-11-7-4-3-5-8-11/h3-5,7-8,12-13,15H,2,6,9-10H2,1H3/t12-,13-,14?/m1/s1.